The molecular formula is C29H36ClN5O4. The van der Waals surface area contributed by atoms with E-state index in [2.05, 4.69) is 18.8 Å². The summed E-state index contributed by atoms with van der Waals surface area (Å²) in [5, 5.41) is 0. The van der Waals surface area contributed by atoms with Crippen molar-refractivity contribution >= 4 is 17.1 Å². The Morgan fingerprint density at radius 1 is 0.923 bits per heavy atom. The van der Waals surface area contributed by atoms with Crippen molar-refractivity contribution in [3.05, 3.63) is 99.0 Å². The third kappa shape index (κ3) is 6.66. The maximum absolute atomic E-state index is 13.2. The van der Waals surface area contributed by atoms with E-state index in [1.165, 1.54) is 16.5 Å². The molecule has 0 aliphatic rings. The molecule has 1 unspecified atom stereocenters. The van der Waals surface area contributed by atoms with Gasteiger partial charge < -0.3 is 26.6 Å². The molecule has 0 saturated carbocycles. The molecule has 0 saturated heterocycles. The van der Waals surface area contributed by atoms with Crippen molar-refractivity contribution in [2.75, 3.05) is 19.7 Å². The summed E-state index contributed by atoms with van der Waals surface area (Å²) < 4.78 is 10.1. The van der Waals surface area contributed by atoms with Gasteiger partial charge in [0.15, 0.2) is 11.2 Å². The maximum Gasteiger partial charge on any atom is 0.332 e. The molecule has 39 heavy (non-hydrogen) atoms. The van der Waals surface area contributed by atoms with Gasteiger partial charge in [-0.1, -0.05) is 60.7 Å². The van der Waals surface area contributed by atoms with Gasteiger partial charge in [0.05, 0.1) is 18.9 Å². The van der Waals surface area contributed by atoms with Crippen LogP contribution in [0.3, 0.4) is 0 Å². The van der Waals surface area contributed by atoms with Crippen molar-refractivity contribution in [3.8, 4) is 0 Å². The highest BCUT2D eigenvalue weighted by molar-refractivity contribution is 5.82. The largest absolute Gasteiger partial charge is 1.00 e. The maximum atomic E-state index is 13.2. The van der Waals surface area contributed by atoms with Gasteiger partial charge in [-0.25, -0.2) is 9.78 Å². The number of fused-ring (bicyclic) bond motifs is 1. The number of imidazole rings is 1. The minimum absolute atomic E-state index is 0. The Morgan fingerprint density at radius 2 is 1.51 bits per heavy atom. The molecule has 1 atom stereocenters. The van der Waals surface area contributed by atoms with Crippen LogP contribution in [0.15, 0.2) is 76.6 Å². The third-order valence-corrected chi connectivity index (χ3v) is 7.10. The molecule has 10 heteroatoms. The molecule has 0 radical (unpaired) electrons. The number of rotatable bonds is 11. The van der Waals surface area contributed by atoms with E-state index in [9.17, 15) is 14.4 Å². The molecule has 0 aliphatic carbocycles. The van der Waals surface area contributed by atoms with Gasteiger partial charge >= 0.3 is 11.7 Å². The van der Waals surface area contributed by atoms with Crippen molar-refractivity contribution in [3.63, 3.8) is 0 Å². The molecule has 0 aliphatic heterocycles. The number of aromatic nitrogens is 4. The molecule has 2 heterocycles. The van der Waals surface area contributed by atoms with Gasteiger partial charge in [-0.2, -0.15) is 0 Å². The van der Waals surface area contributed by atoms with Gasteiger partial charge in [-0.3, -0.25) is 18.7 Å². The molecule has 0 bridgehead atoms. The molecule has 2 aromatic heterocycles. The Labute approximate surface area is 234 Å². The SMILES string of the molecule is CC(C)[NH+](CCCn1cnc2c1c(=O)n(C)c(=O)n2C)CCOC(=O)C(c1ccccc1)c1ccccc1.[Cl-]. The first-order chi connectivity index (χ1) is 18.3. The van der Waals surface area contributed by atoms with E-state index in [1.54, 1.807) is 13.4 Å². The van der Waals surface area contributed by atoms with Crippen LogP contribution >= 0.6 is 0 Å². The standard InChI is InChI=1S/C29H35N5O4.ClH/c1-21(2)33(16-11-17-34-20-30-26-25(34)27(35)32(4)29(37)31(26)3)18-19-38-28(36)24(22-12-7-5-8-13-22)23-14-9-6-10-15-23;/h5-10,12-15,20-21,24H,11,16-19H2,1-4H3;1H. The molecule has 208 valence electrons. The zero-order valence-electron chi connectivity index (χ0n) is 22.8. The van der Waals surface area contributed by atoms with Gasteiger partial charge in [0.1, 0.15) is 19.1 Å². The highest BCUT2D eigenvalue weighted by Gasteiger charge is 2.25. The summed E-state index contributed by atoms with van der Waals surface area (Å²) in [7, 11) is 3.10. The average Bonchev–Trinajstić information content (AvgIpc) is 3.35. The van der Waals surface area contributed by atoms with E-state index in [0.29, 0.717) is 36.9 Å². The molecule has 4 aromatic rings. The van der Waals surface area contributed by atoms with Gasteiger partial charge in [-0.15, -0.1) is 0 Å². The van der Waals surface area contributed by atoms with E-state index in [4.69, 9.17) is 4.74 Å². The van der Waals surface area contributed by atoms with Crippen molar-refractivity contribution < 1.29 is 26.8 Å². The second-order valence-electron chi connectivity index (χ2n) is 9.90. The van der Waals surface area contributed by atoms with Gasteiger partial charge in [0.25, 0.3) is 5.56 Å². The highest BCUT2D eigenvalue weighted by atomic mass is 35.5. The lowest BCUT2D eigenvalue weighted by atomic mass is 9.91. The number of esters is 1. The second-order valence-corrected chi connectivity index (χ2v) is 9.90. The monoisotopic (exact) mass is 553 g/mol. The summed E-state index contributed by atoms with van der Waals surface area (Å²) in [6, 6.07) is 19.8. The minimum Gasteiger partial charge on any atom is -1.00 e. The number of aryl methyl sites for hydroxylation is 2. The summed E-state index contributed by atoms with van der Waals surface area (Å²) in [4.78, 5) is 43.7. The van der Waals surface area contributed by atoms with Crippen LogP contribution in [-0.4, -0.2) is 50.4 Å². The van der Waals surface area contributed by atoms with Crippen molar-refractivity contribution in [1.29, 1.82) is 0 Å². The van der Waals surface area contributed by atoms with Crippen LogP contribution in [0.25, 0.3) is 11.2 Å². The number of ether oxygens (including phenoxy) is 1. The molecule has 1 N–H and O–H groups in total. The normalized spacial score (nSPS) is 12.1. The third-order valence-electron chi connectivity index (χ3n) is 7.10. The first-order valence-electron chi connectivity index (χ1n) is 13.0. The van der Waals surface area contributed by atoms with Crippen LogP contribution in [0.4, 0.5) is 0 Å². The summed E-state index contributed by atoms with van der Waals surface area (Å²) in [5.74, 6) is -0.718. The Kier molecular flexibility index (Phi) is 10.3. The molecule has 4 rings (SSSR count). The van der Waals surface area contributed by atoms with Crippen LogP contribution < -0.4 is 28.6 Å². The van der Waals surface area contributed by atoms with Crippen LogP contribution in [0.1, 0.15) is 37.3 Å². The molecule has 2 aromatic carbocycles. The van der Waals surface area contributed by atoms with E-state index in [1.807, 2.05) is 65.2 Å². The Morgan fingerprint density at radius 3 is 2.08 bits per heavy atom. The fraction of sp³-hybridized carbons (Fsp3) is 0.379. The second kappa shape index (κ2) is 13.4. The van der Waals surface area contributed by atoms with Crippen LogP contribution in [0.2, 0.25) is 0 Å². The van der Waals surface area contributed by atoms with E-state index >= 15 is 0 Å². The number of quaternary nitrogens is 1. The lowest BCUT2D eigenvalue weighted by Crippen LogP contribution is -3.15. The summed E-state index contributed by atoms with van der Waals surface area (Å²) in [5.41, 5.74) is 1.92. The Bertz CT molecular complexity index is 1460. The number of halogens is 1. The quantitative estimate of drug-likeness (QED) is 0.228. The van der Waals surface area contributed by atoms with Gasteiger partial charge in [0.2, 0.25) is 0 Å². The number of carbonyl (C=O) groups excluding carboxylic acids is 1. The summed E-state index contributed by atoms with van der Waals surface area (Å²) in [6.45, 7) is 6.73. The molecule has 9 nitrogen and oxygen atoms in total. The van der Waals surface area contributed by atoms with Crippen LogP contribution in [-0.2, 0) is 30.2 Å². The smallest absolute Gasteiger partial charge is 0.332 e. The van der Waals surface area contributed by atoms with Crippen molar-refractivity contribution in [2.24, 2.45) is 14.1 Å². The van der Waals surface area contributed by atoms with Crippen molar-refractivity contribution in [2.45, 2.75) is 38.8 Å². The van der Waals surface area contributed by atoms with E-state index in [-0.39, 0.29) is 29.6 Å². The Hall–Kier alpha value is -3.69. The average molecular weight is 554 g/mol. The minimum atomic E-state index is -0.465. The zero-order valence-corrected chi connectivity index (χ0v) is 23.6. The molecule has 0 spiro atoms. The number of carbonyl (C=O) groups is 1. The first kappa shape index (κ1) is 29.9. The van der Waals surface area contributed by atoms with Crippen LogP contribution in [0, 0.1) is 0 Å². The number of hydrogen-bond donors (Lipinski definition) is 1. The summed E-state index contributed by atoms with van der Waals surface area (Å²) >= 11 is 0. The lowest BCUT2D eigenvalue weighted by molar-refractivity contribution is -0.921. The van der Waals surface area contributed by atoms with Crippen LogP contribution in [0.5, 0.6) is 0 Å². The predicted molar refractivity (Wildman–Crippen MR) is 146 cm³/mol. The summed E-state index contributed by atoms with van der Waals surface area (Å²) in [6.07, 6.45) is 2.42. The fourth-order valence-electron chi connectivity index (χ4n) is 4.87. The highest BCUT2D eigenvalue weighted by Crippen LogP contribution is 2.25. The topological polar surface area (TPSA) is 92.6 Å². The fourth-order valence-corrected chi connectivity index (χ4v) is 4.87. The van der Waals surface area contributed by atoms with Gasteiger partial charge in [-0.05, 0) is 25.0 Å². The zero-order chi connectivity index (χ0) is 27.2. The predicted octanol–water partition coefficient (Wildman–Crippen LogP) is -1.50. The number of nitrogens with one attached hydrogen (secondary N) is 1. The molecular weight excluding hydrogens is 518 g/mol. The molecule has 0 amide bonds. The first-order valence-corrected chi connectivity index (χ1v) is 13.0. The van der Waals surface area contributed by atoms with E-state index in [0.717, 1.165) is 28.7 Å². The van der Waals surface area contributed by atoms with E-state index < -0.39 is 5.92 Å². The Balaban J connectivity index is 0.00000420. The number of benzene rings is 2. The number of nitrogens with zero attached hydrogens (tertiary/aromatic N) is 4. The number of hydrogen-bond acceptors (Lipinski definition) is 5. The van der Waals surface area contributed by atoms with Crippen molar-refractivity contribution in [1.82, 2.24) is 18.7 Å². The lowest BCUT2D eigenvalue weighted by Gasteiger charge is -2.24. The van der Waals surface area contributed by atoms with Gasteiger partial charge in [0, 0.05) is 27.1 Å². The molecule has 0 fully saturated rings.